The quantitative estimate of drug-likeness (QED) is 0.527. The van der Waals surface area contributed by atoms with E-state index in [-0.39, 0.29) is 18.5 Å². The van der Waals surface area contributed by atoms with Crippen molar-refractivity contribution >= 4 is 11.9 Å². The van der Waals surface area contributed by atoms with Gasteiger partial charge in [-0.05, 0) is 19.9 Å². The van der Waals surface area contributed by atoms with Crippen LogP contribution in [0.2, 0.25) is 0 Å². The van der Waals surface area contributed by atoms with Crippen LogP contribution in [0.5, 0.6) is 0 Å². The first-order valence-corrected chi connectivity index (χ1v) is 5.63. The normalized spacial score (nSPS) is 8.75. The number of esters is 2. The lowest BCUT2D eigenvalue weighted by molar-refractivity contribution is -0.143. The molecule has 0 aliphatic rings. The summed E-state index contributed by atoms with van der Waals surface area (Å²) < 4.78 is 9.16. The van der Waals surface area contributed by atoms with Crippen LogP contribution in [0.15, 0.2) is 0 Å². The molecule has 0 bridgehead atoms. The van der Waals surface area contributed by atoms with E-state index in [1.165, 1.54) is 7.11 Å². The predicted octanol–water partition coefficient (Wildman–Crippen LogP) is 1.12. The largest absolute Gasteiger partial charge is 0.468 e. The predicted molar refractivity (Wildman–Crippen MR) is 62.1 cm³/mol. The van der Waals surface area contributed by atoms with Crippen molar-refractivity contribution in [3.05, 3.63) is 0 Å². The van der Waals surface area contributed by atoms with Gasteiger partial charge in [-0.1, -0.05) is 13.8 Å². The van der Waals surface area contributed by atoms with Gasteiger partial charge in [0.2, 0.25) is 0 Å². The molecule has 0 aliphatic heterocycles. The highest BCUT2D eigenvalue weighted by Crippen LogP contribution is 1.90. The Kier molecular flexibility index (Phi) is 15.0. The molecule has 0 rings (SSSR count). The maximum absolute atomic E-state index is 10.9. The van der Waals surface area contributed by atoms with Crippen LogP contribution in [0, 0.1) is 0 Å². The summed E-state index contributed by atoms with van der Waals surface area (Å²) in [5.74, 6) is -0.506. The molecule has 1 N–H and O–H groups in total. The molecule has 0 saturated carbocycles. The topological polar surface area (TPSA) is 64.6 Å². The SMILES string of the molecule is CC.CCOC(=O)CCCNCC(=O)OC. The van der Waals surface area contributed by atoms with Gasteiger partial charge in [-0.25, -0.2) is 0 Å². The van der Waals surface area contributed by atoms with E-state index in [0.29, 0.717) is 26.0 Å². The molecule has 0 aliphatic carbocycles. The molecule has 0 spiro atoms. The van der Waals surface area contributed by atoms with Gasteiger partial charge in [0, 0.05) is 6.42 Å². The summed E-state index contributed by atoms with van der Waals surface area (Å²) in [6.45, 7) is 6.97. The number of ether oxygens (including phenoxy) is 2. The zero-order chi connectivity index (χ0) is 12.8. The lowest BCUT2D eigenvalue weighted by Crippen LogP contribution is -2.25. The van der Waals surface area contributed by atoms with E-state index in [9.17, 15) is 9.59 Å². The number of rotatable bonds is 7. The molecule has 16 heavy (non-hydrogen) atoms. The Morgan fingerprint density at radius 3 is 2.31 bits per heavy atom. The second-order valence-electron chi connectivity index (χ2n) is 2.66. The number of hydrogen-bond acceptors (Lipinski definition) is 5. The van der Waals surface area contributed by atoms with Crippen molar-refractivity contribution in [1.82, 2.24) is 5.32 Å². The number of hydrogen-bond donors (Lipinski definition) is 1. The molecular formula is C11H23NO4. The minimum Gasteiger partial charge on any atom is -0.468 e. The van der Waals surface area contributed by atoms with Crippen LogP contribution in [-0.4, -0.2) is 38.7 Å². The van der Waals surface area contributed by atoms with Gasteiger partial charge in [0.15, 0.2) is 0 Å². The summed E-state index contributed by atoms with van der Waals surface area (Å²) in [6, 6.07) is 0. The van der Waals surface area contributed by atoms with E-state index in [2.05, 4.69) is 10.1 Å². The Morgan fingerprint density at radius 1 is 1.19 bits per heavy atom. The maximum atomic E-state index is 10.9. The lowest BCUT2D eigenvalue weighted by Gasteiger charge is -2.03. The molecule has 0 heterocycles. The standard InChI is InChI=1S/C9H17NO4.C2H6/c1-3-14-8(11)5-4-6-10-7-9(12)13-2;1-2/h10H,3-7H2,1-2H3;1-2H3. The van der Waals surface area contributed by atoms with Gasteiger partial charge in [-0.15, -0.1) is 0 Å². The first-order chi connectivity index (χ1) is 7.70. The highest BCUT2D eigenvalue weighted by Gasteiger charge is 2.01. The Hall–Kier alpha value is -1.10. The Balaban J connectivity index is 0. The molecule has 0 unspecified atom stereocenters. The fraction of sp³-hybridized carbons (Fsp3) is 0.818. The van der Waals surface area contributed by atoms with E-state index in [4.69, 9.17) is 4.74 Å². The van der Waals surface area contributed by atoms with Crippen molar-refractivity contribution in [3.8, 4) is 0 Å². The zero-order valence-corrected chi connectivity index (χ0v) is 10.7. The molecule has 0 fully saturated rings. The average molecular weight is 233 g/mol. The van der Waals surface area contributed by atoms with E-state index in [1.54, 1.807) is 6.92 Å². The molecule has 96 valence electrons. The second-order valence-corrected chi connectivity index (χ2v) is 2.66. The minimum absolute atomic E-state index is 0.180. The van der Waals surface area contributed by atoms with Crippen LogP contribution in [0.1, 0.15) is 33.6 Å². The van der Waals surface area contributed by atoms with Crippen LogP contribution in [-0.2, 0) is 19.1 Å². The van der Waals surface area contributed by atoms with Crippen LogP contribution < -0.4 is 5.32 Å². The summed E-state index contributed by atoms with van der Waals surface area (Å²) in [4.78, 5) is 21.5. The van der Waals surface area contributed by atoms with Crippen LogP contribution in [0.25, 0.3) is 0 Å². The Labute approximate surface area is 97.5 Å². The third kappa shape index (κ3) is 12.9. The third-order valence-electron chi connectivity index (χ3n) is 1.54. The Morgan fingerprint density at radius 2 is 1.81 bits per heavy atom. The van der Waals surface area contributed by atoms with Crippen LogP contribution in [0.3, 0.4) is 0 Å². The number of nitrogens with one attached hydrogen (secondary N) is 1. The highest BCUT2D eigenvalue weighted by molar-refractivity contribution is 5.71. The molecule has 0 aromatic rings. The first kappa shape index (κ1) is 17.3. The van der Waals surface area contributed by atoms with Gasteiger partial charge in [-0.3, -0.25) is 9.59 Å². The Bertz CT molecular complexity index is 183. The summed E-state index contributed by atoms with van der Waals surface area (Å²) in [5, 5.41) is 2.85. The summed E-state index contributed by atoms with van der Waals surface area (Å²) in [5.41, 5.74) is 0. The zero-order valence-electron chi connectivity index (χ0n) is 10.7. The van der Waals surface area contributed by atoms with E-state index >= 15 is 0 Å². The molecule has 5 heteroatoms. The molecular weight excluding hydrogens is 210 g/mol. The smallest absolute Gasteiger partial charge is 0.319 e. The minimum atomic E-state index is -0.305. The van der Waals surface area contributed by atoms with Gasteiger partial charge < -0.3 is 14.8 Å². The monoisotopic (exact) mass is 233 g/mol. The molecule has 0 aromatic heterocycles. The van der Waals surface area contributed by atoms with Crippen LogP contribution >= 0.6 is 0 Å². The fourth-order valence-electron chi connectivity index (χ4n) is 0.854. The number of methoxy groups -OCH3 is 1. The highest BCUT2D eigenvalue weighted by atomic mass is 16.5. The van der Waals surface area contributed by atoms with E-state index in [1.807, 2.05) is 13.8 Å². The summed E-state index contributed by atoms with van der Waals surface area (Å²) in [6.07, 6.45) is 1.04. The number of carbonyl (C=O) groups is 2. The van der Waals surface area contributed by atoms with Gasteiger partial charge in [0.25, 0.3) is 0 Å². The molecule has 0 atom stereocenters. The maximum Gasteiger partial charge on any atom is 0.319 e. The van der Waals surface area contributed by atoms with Crippen molar-refractivity contribution in [3.63, 3.8) is 0 Å². The van der Waals surface area contributed by atoms with Gasteiger partial charge in [0.1, 0.15) is 0 Å². The molecule has 0 radical (unpaired) electrons. The molecule has 5 nitrogen and oxygen atoms in total. The van der Waals surface area contributed by atoms with Crippen molar-refractivity contribution in [2.45, 2.75) is 33.6 Å². The first-order valence-electron chi connectivity index (χ1n) is 5.63. The van der Waals surface area contributed by atoms with Gasteiger partial charge >= 0.3 is 11.9 Å². The molecule has 0 saturated heterocycles. The fourth-order valence-corrected chi connectivity index (χ4v) is 0.854. The summed E-state index contributed by atoms with van der Waals surface area (Å²) >= 11 is 0. The van der Waals surface area contributed by atoms with E-state index in [0.717, 1.165) is 0 Å². The van der Waals surface area contributed by atoms with Crippen molar-refractivity contribution in [1.29, 1.82) is 0 Å². The molecule has 0 amide bonds. The summed E-state index contributed by atoms with van der Waals surface area (Å²) in [7, 11) is 1.34. The van der Waals surface area contributed by atoms with Crippen molar-refractivity contribution in [2.75, 3.05) is 26.8 Å². The molecule has 0 aromatic carbocycles. The van der Waals surface area contributed by atoms with Crippen molar-refractivity contribution < 1.29 is 19.1 Å². The van der Waals surface area contributed by atoms with Crippen molar-refractivity contribution in [2.24, 2.45) is 0 Å². The van der Waals surface area contributed by atoms with Gasteiger partial charge in [-0.2, -0.15) is 0 Å². The average Bonchev–Trinajstić information content (AvgIpc) is 2.31. The van der Waals surface area contributed by atoms with E-state index < -0.39 is 0 Å². The number of carbonyl (C=O) groups excluding carboxylic acids is 2. The van der Waals surface area contributed by atoms with Gasteiger partial charge in [0.05, 0.1) is 20.3 Å². The lowest BCUT2D eigenvalue weighted by atomic mass is 10.3. The van der Waals surface area contributed by atoms with Crippen LogP contribution in [0.4, 0.5) is 0 Å². The third-order valence-corrected chi connectivity index (χ3v) is 1.54. The second kappa shape index (κ2) is 13.9.